The van der Waals surface area contributed by atoms with E-state index in [4.69, 9.17) is 0 Å². The lowest BCUT2D eigenvalue weighted by molar-refractivity contribution is -0.135. The third-order valence-corrected chi connectivity index (χ3v) is 4.77. The van der Waals surface area contributed by atoms with Crippen molar-refractivity contribution in [2.24, 2.45) is 5.92 Å². The molecule has 1 aromatic rings. The van der Waals surface area contributed by atoms with E-state index in [0.29, 0.717) is 6.54 Å². The predicted molar refractivity (Wildman–Crippen MR) is 85.6 cm³/mol. The molecular weight excluding hydrogens is 276 g/mol. The lowest BCUT2D eigenvalue weighted by atomic mass is 9.96. The Hall–Kier alpha value is -1.84. The van der Waals surface area contributed by atoms with Crippen LogP contribution in [0, 0.1) is 12.8 Å². The van der Waals surface area contributed by atoms with E-state index in [1.165, 1.54) is 0 Å². The molecule has 0 saturated carbocycles. The molecule has 4 heteroatoms. The Morgan fingerprint density at radius 1 is 0.955 bits per heavy atom. The van der Waals surface area contributed by atoms with Gasteiger partial charge in [-0.05, 0) is 44.7 Å². The maximum absolute atomic E-state index is 12.6. The third-order valence-electron chi connectivity index (χ3n) is 4.77. The predicted octanol–water partition coefficient (Wildman–Crippen LogP) is 2.47. The number of nitrogens with zero attached hydrogens (tertiary/aromatic N) is 2. The summed E-state index contributed by atoms with van der Waals surface area (Å²) in [7, 11) is 0. The van der Waals surface area contributed by atoms with Crippen LogP contribution in [-0.2, 0) is 4.79 Å². The van der Waals surface area contributed by atoms with Crippen molar-refractivity contribution in [2.45, 2.75) is 32.6 Å². The highest BCUT2D eigenvalue weighted by atomic mass is 16.2. The number of benzene rings is 1. The standard InChI is InChI=1S/C18H24N2O2/c1-14-6-8-15(9-7-14)17(21)20-12-4-5-16(13-20)18(22)19-10-2-3-11-19/h6-9,16H,2-5,10-13H2,1H3. The molecule has 2 aliphatic heterocycles. The number of likely N-dealkylation sites (tertiary alicyclic amines) is 2. The molecule has 2 saturated heterocycles. The highest BCUT2D eigenvalue weighted by molar-refractivity contribution is 5.94. The van der Waals surface area contributed by atoms with Gasteiger partial charge in [-0.2, -0.15) is 0 Å². The number of hydrogen-bond acceptors (Lipinski definition) is 2. The monoisotopic (exact) mass is 300 g/mol. The fourth-order valence-electron chi connectivity index (χ4n) is 3.44. The van der Waals surface area contributed by atoms with Gasteiger partial charge >= 0.3 is 0 Å². The molecule has 118 valence electrons. The summed E-state index contributed by atoms with van der Waals surface area (Å²) < 4.78 is 0. The Balaban J connectivity index is 1.65. The van der Waals surface area contributed by atoms with Gasteiger partial charge in [-0.25, -0.2) is 0 Å². The van der Waals surface area contributed by atoms with Crippen LogP contribution in [0.3, 0.4) is 0 Å². The molecule has 0 spiro atoms. The van der Waals surface area contributed by atoms with Gasteiger partial charge in [-0.1, -0.05) is 17.7 Å². The molecule has 1 unspecified atom stereocenters. The van der Waals surface area contributed by atoms with Gasteiger partial charge in [0, 0.05) is 31.7 Å². The van der Waals surface area contributed by atoms with E-state index in [-0.39, 0.29) is 17.7 Å². The second-order valence-electron chi connectivity index (χ2n) is 6.49. The minimum absolute atomic E-state index is 0.0127. The van der Waals surface area contributed by atoms with Crippen LogP contribution in [0.25, 0.3) is 0 Å². The van der Waals surface area contributed by atoms with Crippen molar-refractivity contribution in [3.8, 4) is 0 Å². The Labute approximate surface area is 132 Å². The molecule has 0 aromatic heterocycles. The molecule has 2 heterocycles. The third kappa shape index (κ3) is 3.16. The molecule has 2 fully saturated rings. The van der Waals surface area contributed by atoms with Crippen LogP contribution >= 0.6 is 0 Å². The van der Waals surface area contributed by atoms with E-state index < -0.39 is 0 Å². The summed E-state index contributed by atoms with van der Waals surface area (Å²) in [6, 6.07) is 7.68. The van der Waals surface area contributed by atoms with Crippen molar-refractivity contribution in [1.29, 1.82) is 0 Å². The summed E-state index contributed by atoms with van der Waals surface area (Å²) >= 11 is 0. The van der Waals surface area contributed by atoms with Gasteiger partial charge in [0.25, 0.3) is 5.91 Å². The molecule has 0 aliphatic carbocycles. The first-order chi connectivity index (χ1) is 10.6. The van der Waals surface area contributed by atoms with Gasteiger partial charge in [0.1, 0.15) is 0 Å². The molecule has 3 rings (SSSR count). The Bertz CT molecular complexity index is 547. The summed E-state index contributed by atoms with van der Waals surface area (Å²) in [4.78, 5) is 29.0. The summed E-state index contributed by atoms with van der Waals surface area (Å²) in [5.74, 6) is 0.291. The summed E-state index contributed by atoms with van der Waals surface area (Å²) in [6.45, 7) is 5.13. The molecule has 22 heavy (non-hydrogen) atoms. The van der Waals surface area contributed by atoms with Crippen LogP contribution in [0.15, 0.2) is 24.3 Å². The quantitative estimate of drug-likeness (QED) is 0.842. The number of amides is 2. The smallest absolute Gasteiger partial charge is 0.253 e. The number of rotatable bonds is 2. The summed E-state index contributed by atoms with van der Waals surface area (Å²) in [6.07, 6.45) is 4.06. The maximum Gasteiger partial charge on any atom is 0.253 e. The van der Waals surface area contributed by atoms with Crippen LogP contribution in [0.2, 0.25) is 0 Å². The molecule has 0 bridgehead atoms. The number of carbonyl (C=O) groups excluding carboxylic acids is 2. The molecule has 1 atom stereocenters. The van der Waals surface area contributed by atoms with E-state index in [2.05, 4.69) is 0 Å². The number of hydrogen-bond donors (Lipinski definition) is 0. The van der Waals surface area contributed by atoms with Crippen molar-refractivity contribution in [1.82, 2.24) is 9.80 Å². The van der Waals surface area contributed by atoms with Crippen LogP contribution < -0.4 is 0 Å². The van der Waals surface area contributed by atoms with Crippen LogP contribution in [-0.4, -0.2) is 47.8 Å². The molecule has 4 nitrogen and oxygen atoms in total. The minimum atomic E-state index is -0.0127. The van der Waals surface area contributed by atoms with Gasteiger partial charge in [0.15, 0.2) is 0 Å². The molecule has 0 radical (unpaired) electrons. The van der Waals surface area contributed by atoms with Gasteiger partial charge in [0.2, 0.25) is 5.91 Å². The second kappa shape index (κ2) is 6.51. The average Bonchev–Trinajstić information content (AvgIpc) is 3.09. The number of piperidine rings is 1. The van der Waals surface area contributed by atoms with E-state index in [1.54, 1.807) is 0 Å². The highest BCUT2D eigenvalue weighted by Gasteiger charge is 2.32. The fourth-order valence-corrected chi connectivity index (χ4v) is 3.44. The first-order valence-corrected chi connectivity index (χ1v) is 8.30. The van der Waals surface area contributed by atoms with Gasteiger partial charge in [-0.3, -0.25) is 9.59 Å². The topological polar surface area (TPSA) is 40.6 Å². The summed E-state index contributed by atoms with van der Waals surface area (Å²) in [5, 5.41) is 0. The van der Waals surface area contributed by atoms with Crippen molar-refractivity contribution < 1.29 is 9.59 Å². The van der Waals surface area contributed by atoms with Gasteiger partial charge in [0.05, 0.1) is 5.92 Å². The van der Waals surface area contributed by atoms with Crippen molar-refractivity contribution >= 4 is 11.8 Å². The first kappa shape index (κ1) is 15.1. The van der Waals surface area contributed by atoms with Gasteiger partial charge < -0.3 is 9.80 Å². The van der Waals surface area contributed by atoms with E-state index in [1.807, 2.05) is 41.0 Å². The Morgan fingerprint density at radius 3 is 2.27 bits per heavy atom. The average molecular weight is 300 g/mol. The van der Waals surface area contributed by atoms with E-state index >= 15 is 0 Å². The molecule has 2 aliphatic rings. The molecular formula is C18H24N2O2. The number of aryl methyl sites for hydroxylation is 1. The second-order valence-corrected chi connectivity index (χ2v) is 6.49. The van der Waals surface area contributed by atoms with Crippen molar-refractivity contribution in [2.75, 3.05) is 26.2 Å². The normalized spacial score (nSPS) is 22.0. The van der Waals surface area contributed by atoms with Crippen molar-refractivity contribution in [3.63, 3.8) is 0 Å². The maximum atomic E-state index is 12.6. The minimum Gasteiger partial charge on any atom is -0.342 e. The zero-order valence-electron chi connectivity index (χ0n) is 13.3. The largest absolute Gasteiger partial charge is 0.342 e. The zero-order chi connectivity index (χ0) is 15.5. The lowest BCUT2D eigenvalue weighted by Gasteiger charge is -2.34. The highest BCUT2D eigenvalue weighted by Crippen LogP contribution is 2.22. The van der Waals surface area contributed by atoms with E-state index in [9.17, 15) is 9.59 Å². The molecule has 0 N–H and O–H groups in total. The Kier molecular flexibility index (Phi) is 4.46. The van der Waals surface area contributed by atoms with Crippen LogP contribution in [0.1, 0.15) is 41.6 Å². The van der Waals surface area contributed by atoms with Crippen LogP contribution in [0.5, 0.6) is 0 Å². The Morgan fingerprint density at radius 2 is 1.59 bits per heavy atom. The van der Waals surface area contributed by atoms with Crippen LogP contribution in [0.4, 0.5) is 0 Å². The van der Waals surface area contributed by atoms with Crippen molar-refractivity contribution in [3.05, 3.63) is 35.4 Å². The molecule has 1 aromatic carbocycles. The molecule has 2 amide bonds. The first-order valence-electron chi connectivity index (χ1n) is 8.30. The number of carbonyl (C=O) groups is 2. The lowest BCUT2D eigenvalue weighted by Crippen LogP contribution is -2.46. The zero-order valence-corrected chi connectivity index (χ0v) is 13.3. The van der Waals surface area contributed by atoms with E-state index in [0.717, 1.165) is 56.4 Å². The SMILES string of the molecule is Cc1ccc(C(=O)N2CCCC(C(=O)N3CCCC3)C2)cc1. The summed E-state index contributed by atoms with van der Waals surface area (Å²) in [5.41, 5.74) is 1.87. The fraction of sp³-hybridized carbons (Fsp3) is 0.556. The van der Waals surface area contributed by atoms with Gasteiger partial charge in [-0.15, -0.1) is 0 Å².